The van der Waals surface area contributed by atoms with Crippen molar-refractivity contribution in [3.63, 3.8) is 0 Å². The molecule has 0 fully saturated rings. The molecule has 1 heterocycles. The van der Waals surface area contributed by atoms with Crippen LogP contribution in [0.5, 0.6) is 0 Å². The molecule has 2 aromatic rings. The number of anilines is 1. The summed E-state index contributed by atoms with van der Waals surface area (Å²) in [6, 6.07) is 8.11. The fourth-order valence-corrected chi connectivity index (χ4v) is 5.31. The fraction of sp³-hybridized carbons (Fsp3) is 0.423. The van der Waals surface area contributed by atoms with Gasteiger partial charge in [-0.15, -0.1) is 11.3 Å². The highest BCUT2D eigenvalue weighted by molar-refractivity contribution is 7.17. The van der Waals surface area contributed by atoms with Gasteiger partial charge >= 0.3 is 11.9 Å². The number of thiophene rings is 1. The van der Waals surface area contributed by atoms with Crippen LogP contribution in [0.4, 0.5) is 5.00 Å². The van der Waals surface area contributed by atoms with Gasteiger partial charge in [-0.3, -0.25) is 9.59 Å². The topological polar surface area (TPSA) is 92.7 Å². The van der Waals surface area contributed by atoms with E-state index < -0.39 is 29.7 Å². The SMILES string of the molecule is CCOC(=O)c1c(NC(=O)[C@H]2CC=CC[C@@H]2C(=O)O)sc(C)c1-c1ccc(CC(C)C)cc1. The van der Waals surface area contributed by atoms with Crippen molar-refractivity contribution in [1.82, 2.24) is 0 Å². The number of amides is 1. The Balaban J connectivity index is 1.97. The molecule has 1 aromatic carbocycles. The first-order valence-corrected chi connectivity index (χ1v) is 12.1. The second-order valence-corrected chi connectivity index (χ2v) is 9.96. The van der Waals surface area contributed by atoms with Crippen LogP contribution in [0.15, 0.2) is 36.4 Å². The first-order valence-electron chi connectivity index (χ1n) is 11.3. The highest BCUT2D eigenvalue weighted by atomic mass is 32.1. The number of allylic oxidation sites excluding steroid dienone is 2. The lowest BCUT2D eigenvalue weighted by Crippen LogP contribution is -2.34. The van der Waals surface area contributed by atoms with Crippen LogP contribution < -0.4 is 5.32 Å². The average Bonchev–Trinajstić information content (AvgIpc) is 3.09. The van der Waals surface area contributed by atoms with E-state index in [9.17, 15) is 19.5 Å². The molecular weight excluding hydrogens is 438 g/mol. The van der Waals surface area contributed by atoms with Gasteiger partial charge in [-0.2, -0.15) is 0 Å². The number of carboxylic acids is 1. The Morgan fingerprint density at radius 3 is 2.33 bits per heavy atom. The number of rotatable bonds is 8. The third kappa shape index (κ3) is 5.71. The molecule has 0 bridgehead atoms. The minimum atomic E-state index is -0.991. The zero-order valence-electron chi connectivity index (χ0n) is 19.5. The highest BCUT2D eigenvalue weighted by Gasteiger charge is 2.35. The summed E-state index contributed by atoms with van der Waals surface area (Å²) in [7, 11) is 0. The average molecular weight is 470 g/mol. The van der Waals surface area contributed by atoms with Crippen molar-refractivity contribution in [1.29, 1.82) is 0 Å². The zero-order chi connectivity index (χ0) is 24.1. The second-order valence-electron chi connectivity index (χ2n) is 8.74. The summed E-state index contributed by atoms with van der Waals surface area (Å²) in [6.07, 6.45) is 5.26. The van der Waals surface area contributed by atoms with Crippen molar-refractivity contribution >= 4 is 34.2 Å². The lowest BCUT2D eigenvalue weighted by Gasteiger charge is -2.24. The van der Waals surface area contributed by atoms with Crippen LogP contribution in [0.25, 0.3) is 11.1 Å². The first-order chi connectivity index (χ1) is 15.7. The molecule has 0 saturated heterocycles. The molecule has 2 atom stereocenters. The van der Waals surface area contributed by atoms with Gasteiger partial charge in [0.15, 0.2) is 0 Å². The number of nitrogens with one attached hydrogen (secondary N) is 1. The van der Waals surface area contributed by atoms with Crippen molar-refractivity contribution in [2.24, 2.45) is 17.8 Å². The van der Waals surface area contributed by atoms with Crippen LogP contribution in [0, 0.1) is 24.7 Å². The van der Waals surface area contributed by atoms with E-state index in [-0.39, 0.29) is 6.61 Å². The normalized spacial score (nSPS) is 17.7. The number of aryl methyl sites for hydroxylation is 1. The van der Waals surface area contributed by atoms with Gasteiger partial charge in [-0.05, 0) is 50.2 Å². The molecule has 1 aliphatic rings. The minimum Gasteiger partial charge on any atom is -0.481 e. The Bertz CT molecular complexity index is 1050. The van der Waals surface area contributed by atoms with Crippen molar-refractivity contribution in [2.75, 3.05) is 11.9 Å². The molecule has 176 valence electrons. The van der Waals surface area contributed by atoms with Crippen LogP contribution in [0.1, 0.15) is 54.4 Å². The molecule has 0 radical (unpaired) electrons. The third-order valence-electron chi connectivity index (χ3n) is 5.77. The second kappa shape index (κ2) is 10.8. The summed E-state index contributed by atoms with van der Waals surface area (Å²) < 4.78 is 5.32. The maximum absolute atomic E-state index is 13.1. The maximum Gasteiger partial charge on any atom is 0.341 e. The van der Waals surface area contributed by atoms with Crippen LogP contribution in [-0.4, -0.2) is 29.6 Å². The van der Waals surface area contributed by atoms with E-state index in [2.05, 4.69) is 31.3 Å². The van der Waals surface area contributed by atoms with E-state index in [0.717, 1.165) is 22.4 Å². The molecule has 1 aliphatic carbocycles. The van der Waals surface area contributed by atoms with Crippen LogP contribution >= 0.6 is 11.3 Å². The Morgan fingerprint density at radius 1 is 1.12 bits per heavy atom. The van der Waals surface area contributed by atoms with Gasteiger partial charge in [0.05, 0.1) is 18.4 Å². The summed E-state index contributed by atoms with van der Waals surface area (Å²) in [6.45, 7) is 8.19. The van der Waals surface area contributed by atoms with Crippen molar-refractivity contribution in [3.05, 3.63) is 52.4 Å². The molecule has 3 rings (SSSR count). The molecular formula is C26H31NO5S. The molecule has 7 heteroatoms. The van der Waals surface area contributed by atoms with Gasteiger partial charge in [0.25, 0.3) is 0 Å². The Kier molecular flexibility index (Phi) is 8.08. The highest BCUT2D eigenvalue weighted by Crippen LogP contribution is 2.41. The number of aliphatic carboxylic acids is 1. The Hall–Kier alpha value is -2.93. The number of esters is 1. The Morgan fingerprint density at radius 2 is 1.76 bits per heavy atom. The summed E-state index contributed by atoms with van der Waals surface area (Å²) in [5.41, 5.74) is 3.16. The predicted octanol–water partition coefficient (Wildman–Crippen LogP) is 5.70. The predicted molar refractivity (Wildman–Crippen MR) is 131 cm³/mol. The van der Waals surface area contributed by atoms with E-state index in [1.165, 1.54) is 16.9 Å². The monoisotopic (exact) mass is 469 g/mol. The van der Waals surface area contributed by atoms with Gasteiger partial charge in [0, 0.05) is 10.4 Å². The summed E-state index contributed by atoms with van der Waals surface area (Å²) >= 11 is 1.31. The maximum atomic E-state index is 13.1. The molecule has 6 nitrogen and oxygen atoms in total. The number of carbonyl (C=O) groups excluding carboxylic acids is 2. The van der Waals surface area contributed by atoms with Gasteiger partial charge in [-0.1, -0.05) is 50.3 Å². The molecule has 0 saturated carbocycles. The zero-order valence-corrected chi connectivity index (χ0v) is 20.3. The number of carboxylic acid groups (broad SMARTS) is 1. The molecule has 0 unspecified atom stereocenters. The lowest BCUT2D eigenvalue weighted by atomic mass is 9.82. The van der Waals surface area contributed by atoms with Gasteiger partial charge in [0.2, 0.25) is 5.91 Å². The van der Waals surface area contributed by atoms with Gasteiger partial charge in [0.1, 0.15) is 10.6 Å². The van der Waals surface area contributed by atoms with E-state index in [1.54, 1.807) is 13.0 Å². The van der Waals surface area contributed by atoms with Gasteiger partial charge in [-0.25, -0.2) is 4.79 Å². The van der Waals surface area contributed by atoms with Crippen LogP contribution in [-0.2, 0) is 20.7 Å². The molecule has 0 aliphatic heterocycles. The van der Waals surface area contributed by atoms with E-state index in [0.29, 0.717) is 29.3 Å². The smallest absolute Gasteiger partial charge is 0.341 e. The van der Waals surface area contributed by atoms with E-state index in [1.807, 2.05) is 25.1 Å². The number of ether oxygens (including phenoxy) is 1. The third-order valence-corrected chi connectivity index (χ3v) is 6.79. The molecule has 1 amide bonds. The van der Waals surface area contributed by atoms with Gasteiger partial charge < -0.3 is 15.2 Å². The fourth-order valence-electron chi connectivity index (χ4n) is 4.24. The van der Waals surface area contributed by atoms with Crippen LogP contribution in [0.2, 0.25) is 0 Å². The van der Waals surface area contributed by atoms with Crippen molar-refractivity contribution in [2.45, 2.75) is 47.0 Å². The minimum absolute atomic E-state index is 0.211. The quantitative estimate of drug-likeness (QED) is 0.382. The molecule has 2 N–H and O–H groups in total. The van der Waals surface area contributed by atoms with Crippen molar-refractivity contribution < 1.29 is 24.2 Å². The summed E-state index contributed by atoms with van der Waals surface area (Å²) in [5, 5.41) is 12.8. The molecule has 1 aromatic heterocycles. The van der Waals surface area contributed by atoms with Crippen molar-refractivity contribution in [3.8, 4) is 11.1 Å². The standard InChI is InChI=1S/C26H31NO5S/c1-5-32-26(31)22-21(18-12-10-17(11-13-18)14-15(2)3)16(4)33-24(22)27-23(28)19-8-6-7-9-20(19)25(29)30/h6-7,10-13,15,19-20H,5,8-9,14H2,1-4H3,(H,27,28)(H,29,30)/t19-,20-/m0/s1. The molecule has 0 spiro atoms. The Labute approximate surface area is 198 Å². The molecule has 33 heavy (non-hydrogen) atoms. The first kappa shape index (κ1) is 24.7. The summed E-state index contributed by atoms with van der Waals surface area (Å²) in [5.74, 6) is -2.82. The van der Waals surface area contributed by atoms with E-state index in [4.69, 9.17) is 4.74 Å². The number of hydrogen-bond donors (Lipinski definition) is 2. The van der Waals surface area contributed by atoms with E-state index >= 15 is 0 Å². The summed E-state index contributed by atoms with van der Waals surface area (Å²) in [4.78, 5) is 38.5. The number of carbonyl (C=O) groups is 3. The largest absolute Gasteiger partial charge is 0.481 e. The lowest BCUT2D eigenvalue weighted by molar-refractivity contribution is -0.146. The number of benzene rings is 1. The van der Waals surface area contributed by atoms with Crippen LogP contribution in [0.3, 0.4) is 0 Å². The number of hydrogen-bond acceptors (Lipinski definition) is 5.